The van der Waals surface area contributed by atoms with E-state index in [4.69, 9.17) is 0 Å². The van der Waals surface area contributed by atoms with Gasteiger partial charge in [0.05, 0.1) is 0 Å². The van der Waals surface area contributed by atoms with Crippen molar-refractivity contribution in [3.63, 3.8) is 0 Å². The maximum absolute atomic E-state index is 12.4. The largest absolute Gasteiger partial charge is 0.356 e. The maximum Gasteiger partial charge on any atom is 0.250 e. The summed E-state index contributed by atoms with van der Waals surface area (Å²) in [4.78, 5) is 12.4. The molecule has 4 aromatic rings. The summed E-state index contributed by atoms with van der Waals surface area (Å²) in [5.74, 6) is 0.349. The fraction of sp³-hybridized carbons (Fsp3) is 0.238. The summed E-state index contributed by atoms with van der Waals surface area (Å²) < 4.78 is 1.30. The molecule has 0 aliphatic carbocycles. The molecule has 30 heavy (non-hydrogen) atoms. The first-order valence-corrected chi connectivity index (χ1v) is 10.5. The summed E-state index contributed by atoms with van der Waals surface area (Å²) >= 11 is 1.53. The quantitative estimate of drug-likeness (QED) is 0.448. The Morgan fingerprint density at radius 2 is 1.80 bits per heavy atom. The van der Waals surface area contributed by atoms with Gasteiger partial charge in [0, 0.05) is 18.5 Å². The van der Waals surface area contributed by atoms with E-state index in [0.29, 0.717) is 18.8 Å². The summed E-state index contributed by atoms with van der Waals surface area (Å²) in [5.41, 5.74) is 3.95. The van der Waals surface area contributed by atoms with Gasteiger partial charge in [0.25, 0.3) is 0 Å². The van der Waals surface area contributed by atoms with Gasteiger partial charge in [-0.2, -0.15) is 4.68 Å². The Bertz CT molecular complexity index is 1150. The second kappa shape index (κ2) is 8.91. The number of benzene rings is 2. The van der Waals surface area contributed by atoms with Crippen LogP contribution in [-0.2, 0) is 6.54 Å². The number of hydrogen-bond donors (Lipinski definition) is 1. The molecule has 152 valence electrons. The van der Waals surface area contributed by atoms with E-state index in [-0.39, 0.29) is 5.91 Å². The van der Waals surface area contributed by atoms with E-state index in [2.05, 4.69) is 55.3 Å². The van der Waals surface area contributed by atoms with E-state index in [9.17, 15) is 4.79 Å². The third kappa shape index (κ3) is 4.25. The van der Waals surface area contributed by atoms with Crippen molar-refractivity contribution in [2.45, 2.75) is 33.2 Å². The summed E-state index contributed by atoms with van der Waals surface area (Å²) in [6.07, 6.45) is 1.14. The fourth-order valence-electron chi connectivity index (χ4n) is 3.12. The Morgan fingerprint density at radius 1 is 1.03 bits per heavy atom. The molecule has 0 unspecified atom stereocenters. The van der Waals surface area contributed by atoms with Crippen molar-refractivity contribution in [2.75, 3.05) is 5.32 Å². The van der Waals surface area contributed by atoms with Gasteiger partial charge >= 0.3 is 0 Å². The van der Waals surface area contributed by atoms with Crippen molar-refractivity contribution >= 4 is 22.4 Å². The second-order valence-corrected chi connectivity index (χ2v) is 7.96. The van der Waals surface area contributed by atoms with E-state index >= 15 is 0 Å². The van der Waals surface area contributed by atoms with Crippen LogP contribution in [-0.4, -0.2) is 36.3 Å². The number of carbonyl (C=O) groups is 1. The predicted molar refractivity (Wildman–Crippen MR) is 116 cm³/mol. The average molecular weight is 420 g/mol. The van der Waals surface area contributed by atoms with Crippen molar-refractivity contribution in [1.82, 2.24) is 30.4 Å². The highest BCUT2D eigenvalue weighted by Gasteiger charge is 2.18. The van der Waals surface area contributed by atoms with Crippen LogP contribution in [0.15, 0.2) is 48.5 Å². The third-order valence-corrected chi connectivity index (χ3v) is 5.37. The van der Waals surface area contributed by atoms with Crippen molar-refractivity contribution in [2.24, 2.45) is 0 Å². The van der Waals surface area contributed by atoms with Crippen LogP contribution in [0.1, 0.15) is 35.1 Å². The van der Waals surface area contributed by atoms with Crippen molar-refractivity contribution < 1.29 is 4.79 Å². The van der Waals surface area contributed by atoms with Gasteiger partial charge in [-0.05, 0) is 40.5 Å². The Balaban J connectivity index is 1.58. The highest BCUT2D eigenvalue weighted by molar-refractivity contribution is 7.15. The number of nitrogens with one attached hydrogen (secondary N) is 1. The number of tetrazole rings is 1. The minimum Gasteiger partial charge on any atom is -0.356 e. The molecule has 0 aliphatic rings. The van der Waals surface area contributed by atoms with Crippen molar-refractivity contribution in [1.29, 1.82) is 0 Å². The van der Waals surface area contributed by atoms with Crippen LogP contribution >= 0.6 is 11.3 Å². The Morgan fingerprint density at radius 3 is 2.50 bits per heavy atom. The van der Waals surface area contributed by atoms with Crippen molar-refractivity contribution in [3.05, 3.63) is 59.1 Å². The molecule has 0 radical (unpaired) electrons. The topological polar surface area (TPSA) is 98.5 Å². The van der Waals surface area contributed by atoms with Crippen LogP contribution in [0.3, 0.4) is 0 Å². The van der Waals surface area contributed by atoms with Crippen LogP contribution in [0.2, 0.25) is 0 Å². The zero-order chi connectivity index (χ0) is 20.9. The first-order valence-electron chi connectivity index (χ1n) is 9.70. The van der Waals surface area contributed by atoms with Crippen LogP contribution in [0.5, 0.6) is 0 Å². The third-order valence-electron chi connectivity index (χ3n) is 4.57. The Labute approximate surface area is 178 Å². The summed E-state index contributed by atoms with van der Waals surface area (Å²) in [6, 6.07) is 16.1. The molecular formula is C21H21N7OS. The van der Waals surface area contributed by atoms with Crippen LogP contribution in [0, 0.1) is 6.92 Å². The lowest BCUT2D eigenvalue weighted by atomic mass is 9.98. The number of rotatable bonds is 7. The van der Waals surface area contributed by atoms with Gasteiger partial charge in [-0.1, -0.05) is 66.8 Å². The molecule has 1 N–H and O–H groups in total. The molecule has 2 aromatic heterocycles. The SMILES string of the molecule is CCCC(=O)n1nnnc1-c1ccccc1-c1ccc(CNc2nnc(C)s2)cc1. The molecule has 9 heteroatoms. The van der Waals surface area contributed by atoms with Gasteiger partial charge in [0.1, 0.15) is 5.01 Å². The average Bonchev–Trinajstić information content (AvgIpc) is 3.42. The molecule has 0 aliphatic heterocycles. The predicted octanol–water partition coefficient (Wildman–Crippen LogP) is 4.22. The standard InChI is InChI=1S/C21H21N7OS/c1-3-6-19(29)28-20(24-26-27-28)18-8-5-4-7-17(18)16-11-9-15(10-12-16)13-22-21-25-23-14(2)30-21/h4-5,7-12H,3,6,13H2,1-2H3,(H,22,25). The lowest BCUT2D eigenvalue weighted by Gasteiger charge is -2.10. The number of carbonyl (C=O) groups excluding carboxylic acids is 1. The molecule has 0 spiro atoms. The summed E-state index contributed by atoms with van der Waals surface area (Å²) in [5, 5.41) is 24.9. The number of aryl methyl sites for hydroxylation is 1. The highest BCUT2D eigenvalue weighted by Crippen LogP contribution is 2.31. The second-order valence-electron chi connectivity index (χ2n) is 6.78. The zero-order valence-electron chi connectivity index (χ0n) is 16.7. The van der Waals surface area contributed by atoms with Crippen LogP contribution < -0.4 is 5.32 Å². The first-order chi connectivity index (χ1) is 14.7. The van der Waals surface area contributed by atoms with E-state index in [0.717, 1.165) is 38.8 Å². The molecular weight excluding hydrogens is 398 g/mol. The first kappa shape index (κ1) is 19.8. The molecule has 0 saturated heterocycles. The lowest BCUT2D eigenvalue weighted by molar-refractivity contribution is 0.0885. The number of nitrogens with zero attached hydrogens (tertiary/aromatic N) is 6. The van der Waals surface area contributed by atoms with Crippen LogP contribution in [0.25, 0.3) is 22.5 Å². The van der Waals surface area contributed by atoms with Crippen LogP contribution in [0.4, 0.5) is 5.13 Å². The number of hydrogen-bond acceptors (Lipinski definition) is 8. The van der Waals surface area contributed by atoms with Gasteiger partial charge in [0.2, 0.25) is 11.0 Å². The van der Waals surface area contributed by atoms with E-state index in [1.165, 1.54) is 16.0 Å². The molecule has 4 rings (SSSR count). The van der Waals surface area contributed by atoms with Gasteiger partial charge in [-0.3, -0.25) is 4.79 Å². The zero-order valence-corrected chi connectivity index (χ0v) is 17.6. The van der Waals surface area contributed by atoms with Gasteiger partial charge < -0.3 is 5.32 Å². The fourth-order valence-corrected chi connectivity index (χ4v) is 3.71. The molecule has 2 heterocycles. The lowest BCUT2D eigenvalue weighted by Crippen LogP contribution is -2.13. The molecule has 0 atom stereocenters. The van der Waals surface area contributed by atoms with Gasteiger partial charge in [0.15, 0.2) is 5.82 Å². The Hall–Kier alpha value is -3.46. The summed E-state index contributed by atoms with van der Waals surface area (Å²) in [6.45, 7) is 4.56. The smallest absolute Gasteiger partial charge is 0.250 e. The highest BCUT2D eigenvalue weighted by atomic mass is 32.1. The normalized spacial score (nSPS) is 10.9. The number of anilines is 1. The minimum absolute atomic E-state index is 0.111. The molecule has 0 saturated carbocycles. The molecule has 8 nitrogen and oxygen atoms in total. The molecule has 0 bridgehead atoms. The molecule has 0 amide bonds. The number of aromatic nitrogens is 6. The summed E-state index contributed by atoms with van der Waals surface area (Å²) in [7, 11) is 0. The monoisotopic (exact) mass is 419 g/mol. The van der Waals surface area contributed by atoms with Gasteiger partial charge in [-0.15, -0.1) is 15.3 Å². The van der Waals surface area contributed by atoms with E-state index in [1.807, 2.05) is 38.1 Å². The molecule has 0 fully saturated rings. The van der Waals surface area contributed by atoms with Gasteiger partial charge in [-0.25, -0.2) is 0 Å². The Kier molecular flexibility index (Phi) is 5.89. The molecule has 2 aromatic carbocycles. The van der Waals surface area contributed by atoms with Crippen molar-refractivity contribution in [3.8, 4) is 22.5 Å². The van der Waals surface area contributed by atoms with E-state index in [1.54, 1.807) is 0 Å². The minimum atomic E-state index is -0.111. The maximum atomic E-state index is 12.4. The van der Waals surface area contributed by atoms with E-state index < -0.39 is 0 Å².